The van der Waals surface area contributed by atoms with Gasteiger partial charge in [0.05, 0.1) is 6.04 Å². The van der Waals surface area contributed by atoms with Crippen molar-refractivity contribution in [2.45, 2.75) is 199 Å². The Labute approximate surface area is 327 Å². The summed E-state index contributed by atoms with van der Waals surface area (Å²) in [5, 5.41) is 3.01. The summed E-state index contributed by atoms with van der Waals surface area (Å²) in [4.78, 5) is 33.0. The van der Waals surface area contributed by atoms with E-state index in [1.165, 1.54) is 116 Å². The normalized spacial score (nSPS) is 11.8. The van der Waals surface area contributed by atoms with Gasteiger partial charge in [0.2, 0.25) is 11.8 Å². The number of nitrogens with one attached hydrogen (secondary N) is 1. The van der Waals surface area contributed by atoms with Gasteiger partial charge in [0.1, 0.15) is 6.04 Å². The van der Waals surface area contributed by atoms with Crippen LogP contribution in [-0.4, -0.2) is 60.9 Å². The van der Waals surface area contributed by atoms with Crippen LogP contribution < -0.4 is 28.3 Å². The van der Waals surface area contributed by atoms with Gasteiger partial charge in [-0.25, -0.2) is 0 Å². The quantitative estimate of drug-likeness (QED) is 0.0246. The molecule has 2 atom stereocenters. The van der Waals surface area contributed by atoms with Crippen LogP contribution in [0.2, 0.25) is 0 Å². The number of aliphatic imine (C=N–C) groups is 1. The second-order valence-electron chi connectivity index (χ2n) is 13.8. The highest BCUT2D eigenvalue weighted by Gasteiger charge is 2.27. The minimum Gasteiger partial charge on any atom is -0.370 e. The first kappa shape index (κ1) is 55.8. The molecule has 0 aliphatic heterocycles. The zero-order valence-electron chi connectivity index (χ0n) is 32.3. The number of halogens is 3. The van der Waals surface area contributed by atoms with Gasteiger partial charge in [0, 0.05) is 19.6 Å². The Morgan fingerprint density at radius 1 is 0.580 bits per heavy atom. The van der Waals surface area contributed by atoms with Crippen LogP contribution in [-0.2, 0) is 9.59 Å². The van der Waals surface area contributed by atoms with Crippen LogP contribution in [0.15, 0.2) is 4.99 Å². The van der Waals surface area contributed by atoms with Crippen LogP contribution in [0.3, 0.4) is 0 Å². The number of nitrogens with two attached hydrogens (primary N) is 4. The number of hydrogen-bond acceptors (Lipinski definition) is 5. The number of amides is 2. The molecule has 0 fully saturated rings. The van der Waals surface area contributed by atoms with Crippen LogP contribution in [0.5, 0.6) is 0 Å². The Morgan fingerprint density at radius 2 is 0.980 bits per heavy atom. The smallest absolute Gasteiger partial charge is 0.245 e. The van der Waals surface area contributed by atoms with Crippen molar-refractivity contribution >= 4 is 55.0 Å². The molecular weight excluding hydrogens is 693 g/mol. The van der Waals surface area contributed by atoms with Gasteiger partial charge >= 0.3 is 0 Å². The molecule has 0 aromatic rings. The summed E-state index contributed by atoms with van der Waals surface area (Å²) in [5.41, 5.74) is 22.8. The fourth-order valence-corrected chi connectivity index (χ4v) is 6.17. The van der Waals surface area contributed by atoms with Crippen molar-refractivity contribution in [3.05, 3.63) is 0 Å². The van der Waals surface area contributed by atoms with Crippen molar-refractivity contribution in [3.63, 3.8) is 0 Å². The fraction of sp³-hybridized carbons (Fsp3) is 0.921. The van der Waals surface area contributed by atoms with Crippen molar-refractivity contribution < 1.29 is 9.59 Å². The summed E-state index contributed by atoms with van der Waals surface area (Å²) < 4.78 is 0. The van der Waals surface area contributed by atoms with E-state index in [0.717, 1.165) is 51.6 Å². The fourth-order valence-electron chi connectivity index (χ4n) is 6.17. The van der Waals surface area contributed by atoms with Crippen molar-refractivity contribution in [3.8, 4) is 0 Å². The first-order valence-electron chi connectivity index (χ1n) is 20.0. The van der Waals surface area contributed by atoms with Gasteiger partial charge in [-0.2, -0.15) is 0 Å². The highest BCUT2D eigenvalue weighted by atomic mass is 35.5. The molecule has 0 aromatic heterocycles. The van der Waals surface area contributed by atoms with Crippen molar-refractivity contribution in [2.75, 3.05) is 26.2 Å². The summed E-state index contributed by atoms with van der Waals surface area (Å²) in [6.07, 6.45) is 31.4. The lowest BCUT2D eigenvalue weighted by Gasteiger charge is -2.29. The lowest BCUT2D eigenvalue weighted by molar-refractivity contribution is -0.137. The van der Waals surface area contributed by atoms with Crippen LogP contribution in [0.1, 0.15) is 187 Å². The van der Waals surface area contributed by atoms with E-state index in [0.29, 0.717) is 32.4 Å². The summed E-state index contributed by atoms with van der Waals surface area (Å²) >= 11 is 0. The van der Waals surface area contributed by atoms with Gasteiger partial charge in [-0.15, -0.1) is 37.2 Å². The SMILES string of the molecule is CCCCCCCCCCCCCCN(CCCCCCCCCCCC)C(=O)[C@@H](CCCCN)NC(=O)C(N)CCCN=C(N)N.Cl.Cl.Cl. The molecule has 0 aliphatic rings. The van der Waals surface area contributed by atoms with Crippen LogP contribution >= 0.6 is 37.2 Å². The molecule has 0 bridgehead atoms. The lowest BCUT2D eigenvalue weighted by atomic mass is 10.0. The Balaban J connectivity index is -0.00000353. The number of hydrogen-bond donors (Lipinski definition) is 5. The molecule has 1 unspecified atom stereocenters. The molecule has 0 radical (unpaired) electrons. The van der Waals surface area contributed by atoms with E-state index in [2.05, 4.69) is 24.2 Å². The number of carbonyl (C=O) groups is 2. The summed E-state index contributed by atoms with van der Waals surface area (Å²) in [6.45, 7) is 7.03. The van der Waals surface area contributed by atoms with E-state index in [1.54, 1.807) is 0 Å². The molecule has 0 heterocycles. The Morgan fingerprint density at radius 3 is 1.36 bits per heavy atom. The van der Waals surface area contributed by atoms with Gasteiger partial charge in [-0.05, 0) is 51.5 Å². The third-order valence-electron chi connectivity index (χ3n) is 9.24. The maximum absolute atomic E-state index is 13.9. The summed E-state index contributed by atoms with van der Waals surface area (Å²) in [7, 11) is 0. The van der Waals surface area contributed by atoms with Gasteiger partial charge < -0.3 is 33.2 Å². The standard InChI is InChI=1S/C38H79N7O2.3ClH/c1-3-5-7-9-11-13-15-16-18-20-22-26-33-45(32-25-21-19-17-14-12-10-8-6-4-2)37(47)35(29-23-24-30-39)44-36(46)34(40)28-27-31-43-38(41)42;;;/h34-35H,3-33,39-40H2,1-2H3,(H,44,46)(H4,41,42,43);3*1H/t34?,35-;;;/m1.../s1. The number of unbranched alkanes of at least 4 members (excludes halogenated alkanes) is 21. The highest BCUT2D eigenvalue weighted by molar-refractivity contribution is 5.89. The average Bonchev–Trinajstić information content (AvgIpc) is 3.06. The van der Waals surface area contributed by atoms with Crippen molar-refractivity contribution in [1.29, 1.82) is 0 Å². The first-order chi connectivity index (χ1) is 22.9. The Hall–Kier alpha value is -1.00. The third-order valence-corrected chi connectivity index (χ3v) is 9.24. The van der Waals surface area contributed by atoms with Crippen molar-refractivity contribution in [1.82, 2.24) is 10.2 Å². The molecule has 0 saturated carbocycles. The highest BCUT2D eigenvalue weighted by Crippen LogP contribution is 2.15. The van der Waals surface area contributed by atoms with Gasteiger partial charge in [0.25, 0.3) is 0 Å². The minimum absolute atomic E-state index is 0. The van der Waals surface area contributed by atoms with Gasteiger partial charge in [-0.3, -0.25) is 14.6 Å². The largest absolute Gasteiger partial charge is 0.370 e. The Kier molecular flexibility index (Phi) is 47.3. The minimum atomic E-state index is -0.708. The molecule has 9 N–H and O–H groups in total. The molecule has 0 aromatic carbocycles. The van der Waals surface area contributed by atoms with Gasteiger partial charge in [0.15, 0.2) is 5.96 Å². The molecule has 2 amide bonds. The molecule has 0 aliphatic carbocycles. The topological polar surface area (TPSA) is 166 Å². The molecule has 302 valence electrons. The van der Waals surface area contributed by atoms with Gasteiger partial charge in [-0.1, -0.05) is 142 Å². The second kappa shape index (κ2) is 42.4. The van der Waals surface area contributed by atoms with Crippen LogP contribution in [0.25, 0.3) is 0 Å². The molecule has 0 saturated heterocycles. The first-order valence-corrected chi connectivity index (χ1v) is 20.0. The molecule has 9 nitrogen and oxygen atoms in total. The summed E-state index contributed by atoms with van der Waals surface area (Å²) in [6, 6.07) is -1.28. The number of nitrogens with zero attached hydrogens (tertiary/aromatic N) is 2. The van der Waals surface area contributed by atoms with Crippen LogP contribution in [0.4, 0.5) is 0 Å². The molecular formula is C38H82Cl3N7O2. The van der Waals surface area contributed by atoms with E-state index in [-0.39, 0.29) is 55.0 Å². The maximum atomic E-state index is 13.9. The van der Waals surface area contributed by atoms with E-state index >= 15 is 0 Å². The molecule has 0 spiro atoms. The Bertz CT molecular complexity index is 762. The van der Waals surface area contributed by atoms with Crippen molar-refractivity contribution in [2.24, 2.45) is 27.9 Å². The third kappa shape index (κ3) is 35.4. The number of guanidine groups is 1. The molecule has 50 heavy (non-hydrogen) atoms. The maximum Gasteiger partial charge on any atom is 0.245 e. The second-order valence-corrected chi connectivity index (χ2v) is 13.8. The van der Waals surface area contributed by atoms with E-state index in [1.807, 2.05) is 4.90 Å². The predicted octanol–water partition coefficient (Wildman–Crippen LogP) is 8.70. The van der Waals surface area contributed by atoms with Crippen LogP contribution in [0, 0.1) is 0 Å². The zero-order chi connectivity index (χ0) is 34.8. The number of carbonyl (C=O) groups excluding carboxylic acids is 2. The number of rotatable bonds is 35. The lowest BCUT2D eigenvalue weighted by Crippen LogP contribution is -2.53. The average molecular weight is 775 g/mol. The van der Waals surface area contributed by atoms with E-state index in [4.69, 9.17) is 22.9 Å². The van der Waals surface area contributed by atoms with E-state index < -0.39 is 12.1 Å². The molecule has 12 heteroatoms. The predicted molar refractivity (Wildman–Crippen MR) is 224 cm³/mol. The van der Waals surface area contributed by atoms with E-state index in [9.17, 15) is 9.59 Å². The summed E-state index contributed by atoms with van der Waals surface area (Å²) in [5.74, 6) is -0.226. The monoisotopic (exact) mass is 774 g/mol. The zero-order valence-corrected chi connectivity index (χ0v) is 34.8. The molecule has 0 rings (SSSR count).